The van der Waals surface area contributed by atoms with Crippen LogP contribution in [0.2, 0.25) is 0 Å². The van der Waals surface area contributed by atoms with E-state index in [0.29, 0.717) is 12.2 Å². The molecule has 0 atom stereocenters. The van der Waals surface area contributed by atoms with Crippen molar-refractivity contribution in [2.45, 2.75) is 26.8 Å². The summed E-state index contributed by atoms with van der Waals surface area (Å²) in [5.74, 6) is -0.134. The Morgan fingerprint density at radius 2 is 2.13 bits per heavy atom. The molecule has 0 bridgehead atoms. The smallest absolute Gasteiger partial charge is 0.270 e. The number of rotatable bonds is 3. The van der Waals surface area contributed by atoms with Crippen LogP contribution in [0.15, 0.2) is 23.0 Å². The Balaban J connectivity index is 2.98. The highest BCUT2D eigenvalue weighted by Crippen LogP contribution is 2.04. The van der Waals surface area contributed by atoms with Gasteiger partial charge in [0.05, 0.1) is 0 Å². The SMILES string of the molecule is CCN(C(=O)c1cccc(=O)[nH]1)C(C)C. The summed E-state index contributed by atoms with van der Waals surface area (Å²) in [7, 11) is 0. The van der Waals surface area contributed by atoms with Gasteiger partial charge in [-0.25, -0.2) is 0 Å². The lowest BCUT2D eigenvalue weighted by Gasteiger charge is -2.24. The van der Waals surface area contributed by atoms with Crippen LogP contribution in [0.5, 0.6) is 0 Å². The van der Waals surface area contributed by atoms with Gasteiger partial charge in [0.15, 0.2) is 0 Å². The summed E-state index contributed by atoms with van der Waals surface area (Å²) in [6.45, 7) is 6.44. The second-order valence-corrected chi connectivity index (χ2v) is 3.61. The summed E-state index contributed by atoms with van der Waals surface area (Å²) in [5.41, 5.74) is 0.0960. The van der Waals surface area contributed by atoms with Crippen LogP contribution in [0.1, 0.15) is 31.3 Å². The standard InChI is InChI=1S/C11H16N2O2/c1-4-13(8(2)3)11(15)9-6-5-7-10(14)12-9/h5-8H,4H2,1-3H3,(H,12,14). The van der Waals surface area contributed by atoms with Gasteiger partial charge in [-0.15, -0.1) is 0 Å². The molecule has 0 unspecified atom stereocenters. The molecule has 4 nitrogen and oxygen atoms in total. The van der Waals surface area contributed by atoms with Gasteiger partial charge < -0.3 is 9.88 Å². The molecule has 82 valence electrons. The molecule has 0 spiro atoms. The number of pyridine rings is 1. The number of H-pyrrole nitrogens is 1. The fraction of sp³-hybridized carbons (Fsp3) is 0.455. The minimum Gasteiger partial charge on any atom is -0.335 e. The van der Waals surface area contributed by atoms with E-state index in [-0.39, 0.29) is 17.5 Å². The number of amides is 1. The number of hydrogen-bond donors (Lipinski definition) is 1. The lowest BCUT2D eigenvalue weighted by molar-refractivity contribution is 0.0710. The van der Waals surface area contributed by atoms with Crippen LogP contribution in [0.25, 0.3) is 0 Å². The Morgan fingerprint density at radius 3 is 2.60 bits per heavy atom. The second-order valence-electron chi connectivity index (χ2n) is 3.61. The Hall–Kier alpha value is -1.58. The number of aromatic nitrogens is 1. The molecule has 0 aromatic carbocycles. The van der Waals surface area contributed by atoms with Crippen molar-refractivity contribution in [3.8, 4) is 0 Å². The van der Waals surface area contributed by atoms with Gasteiger partial charge in [-0.2, -0.15) is 0 Å². The molecule has 1 amide bonds. The zero-order valence-electron chi connectivity index (χ0n) is 9.28. The summed E-state index contributed by atoms with van der Waals surface area (Å²) in [6.07, 6.45) is 0. The molecule has 0 saturated heterocycles. The van der Waals surface area contributed by atoms with Gasteiger partial charge >= 0.3 is 0 Å². The van der Waals surface area contributed by atoms with E-state index < -0.39 is 0 Å². The van der Waals surface area contributed by atoms with Crippen LogP contribution < -0.4 is 5.56 Å². The summed E-state index contributed by atoms with van der Waals surface area (Å²) >= 11 is 0. The molecular formula is C11H16N2O2. The van der Waals surface area contributed by atoms with Crippen molar-refractivity contribution in [1.29, 1.82) is 0 Å². The lowest BCUT2D eigenvalue weighted by Crippen LogP contribution is -2.37. The average Bonchev–Trinajstić information content (AvgIpc) is 2.18. The van der Waals surface area contributed by atoms with Gasteiger partial charge in [-0.05, 0) is 26.8 Å². The molecule has 0 saturated carbocycles. The Bertz CT molecular complexity index is 396. The van der Waals surface area contributed by atoms with Crippen molar-refractivity contribution < 1.29 is 4.79 Å². The fourth-order valence-corrected chi connectivity index (χ4v) is 1.47. The van der Waals surface area contributed by atoms with E-state index in [9.17, 15) is 9.59 Å². The van der Waals surface area contributed by atoms with Gasteiger partial charge in [0.2, 0.25) is 5.56 Å². The summed E-state index contributed by atoms with van der Waals surface area (Å²) in [6, 6.07) is 4.73. The first-order valence-electron chi connectivity index (χ1n) is 5.06. The highest BCUT2D eigenvalue weighted by molar-refractivity contribution is 5.92. The number of carbonyl (C=O) groups excluding carboxylic acids is 1. The molecule has 0 aliphatic rings. The third-order valence-electron chi connectivity index (χ3n) is 2.22. The van der Waals surface area contributed by atoms with Crippen LogP contribution in [-0.4, -0.2) is 28.4 Å². The number of carbonyl (C=O) groups is 1. The second kappa shape index (κ2) is 4.77. The van der Waals surface area contributed by atoms with E-state index in [1.807, 2.05) is 20.8 Å². The van der Waals surface area contributed by atoms with Gasteiger partial charge in [0.25, 0.3) is 5.91 Å². The first-order chi connectivity index (χ1) is 7.06. The van der Waals surface area contributed by atoms with E-state index in [4.69, 9.17) is 0 Å². The molecule has 1 aromatic rings. The van der Waals surface area contributed by atoms with Crippen molar-refractivity contribution in [1.82, 2.24) is 9.88 Å². The zero-order valence-corrected chi connectivity index (χ0v) is 9.28. The van der Waals surface area contributed by atoms with E-state index in [2.05, 4.69) is 4.98 Å². The number of aromatic amines is 1. The quantitative estimate of drug-likeness (QED) is 0.812. The van der Waals surface area contributed by atoms with E-state index in [0.717, 1.165) is 0 Å². The molecule has 0 fully saturated rings. The largest absolute Gasteiger partial charge is 0.335 e. The normalized spacial score (nSPS) is 10.4. The van der Waals surface area contributed by atoms with Crippen molar-refractivity contribution in [3.63, 3.8) is 0 Å². The number of hydrogen-bond acceptors (Lipinski definition) is 2. The number of nitrogens with zero attached hydrogens (tertiary/aromatic N) is 1. The molecule has 1 heterocycles. The third kappa shape index (κ3) is 2.68. The maximum atomic E-state index is 11.9. The molecule has 15 heavy (non-hydrogen) atoms. The van der Waals surface area contributed by atoms with Crippen molar-refractivity contribution in [3.05, 3.63) is 34.2 Å². The zero-order chi connectivity index (χ0) is 11.4. The summed E-state index contributed by atoms with van der Waals surface area (Å²) in [4.78, 5) is 27.2. The van der Waals surface area contributed by atoms with Crippen LogP contribution in [0.3, 0.4) is 0 Å². The highest BCUT2D eigenvalue weighted by Gasteiger charge is 2.17. The minimum absolute atomic E-state index is 0.131. The molecule has 1 aromatic heterocycles. The topological polar surface area (TPSA) is 53.2 Å². The van der Waals surface area contributed by atoms with Gasteiger partial charge in [0, 0.05) is 18.7 Å². The Kier molecular flexibility index (Phi) is 3.66. The van der Waals surface area contributed by atoms with Crippen molar-refractivity contribution in [2.75, 3.05) is 6.54 Å². The predicted molar refractivity (Wildman–Crippen MR) is 58.9 cm³/mol. The maximum Gasteiger partial charge on any atom is 0.270 e. The molecule has 1 N–H and O–H groups in total. The van der Waals surface area contributed by atoms with E-state index >= 15 is 0 Å². The first kappa shape index (κ1) is 11.5. The van der Waals surface area contributed by atoms with Crippen molar-refractivity contribution >= 4 is 5.91 Å². The van der Waals surface area contributed by atoms with Crippen LogP contribution >= 0.6 is 0 Å². The molecule has 1 rings (SSSR count). The predicted octanol–water partition coefficient (Wildman–Crippen LogP) is 1.25. The van der Waals surface area contributed by atoms with E-state index in [1.165, 1.54) is 6.07 Å². The molecule has 4 heteroatoms. The van der Waals surface area contributed by atoms with E-state index in [1.54, 1.807) is 17.0 Å². The number of nitrogens with one attached hydrogen (secondary N) is 1. The summed E-state index contributed by atoms with van der Waals surface area (Å²) < 4.78 is 0. The highest BCUT2D eigenvalue weighted by atomic mass is 16.2. The molecule has 0 aliphatic heterocycles. The molecule has 0 radical (unpaired) electrons. The maximum absolute atomic E-state index is 11.9. The van der Waals surface area contributed by atoms with Gasteiger partial charge in [-0.1, -0.05) is 6.07 Å². The summed E-state index contributed by atoms with van der Waals surface area (Å²) in [5, 5.41) is 0. The van der Waals surface area contributed by atoms with Crippen LogP contribution in [0, 0.1) is 0 Å². The molecule has 0 aliphatic carbocycles. The molecular weight excluding hydrogens is 192 g/mol. The lowest BCUT2D eigenvalue weighted by atomic mass is 10.2. The Labute approximate surface area is 88.9 Å². The third-order valence-corrected chi connectivity index (χ3v) is 2.22. The van der Waals surface area contributed by atoms with Crippen LogP contribution in [0.4, 0.5) is 0 Å². The van der Waals surface area contributed by atoms with Crippen molar-refractivity contribution in [2.24, 2.45) is 0 Å². The average molecular weight is 208 g/mol. The van der Waals surface area contributed by atoms with Crippen LogP contribution in [-0.2, 0) is 0 Å². The Morgan fingerprint density at radius 1 is 1.47 bits per heavy atom. The fourth-order valence-electron chi connectivity index (χ4n) is 1.47. The first-order valence-corrected chi connectivity index (χ1v) is 5.06. The minimum atomic E-state index is -0.249. The van der Waals surface area contributed by atoms with Gasteiger partial charge in [0.1, 0.15) is 5.69 Å². The van der Waals surface area contributed by atoms with Gasteiger partial charge in [-0.3, -0.25) is 9.59 Å². The monoisotopic (exact) mass is 208 g/mol.